The van der Waals surface area contributed by atoms with E-state index in [4.69, 9.17) is 16.0 Å². The molecule has 1 heterocycles. The van der Waals surface area contributed by atoms with Crippen molar-refractivity contribution >= 4 is 11.4 Å². The highest BCUT2D eigenvalue weighted by molar-refractivity contribution is 5.66. The molecule has 2 aromatic rings. The second-order valence-corrected chi connectivity index (χ2v) is 4.01. The van der Waals surface area contributed by atoms with E-state index in [0.717, 1.165) is 0 Å². The van der Waals surface area contributed by atoms with Crippen molar-refractivity contribution in [1.29, 1.82) is 0 Å². The van der Waals surface area contributed by atoms with Crippen LogP contribution >= 0.6 is 0 Å². The summed E-state index contributed by atoms with van der Waals surface area (Å²) in [5.74, 6) is 0.111. The standard InChI is InChI=1S/C11H11F3N4O2/c12-11(13,14)5-19-4-9-17-10(20-18-9)6-1-7(15)3-8(16)2-6/h1-3H,4-5,15-16H2. The smallest absolute Gasteiger partial charge is 0.399 e. The molecule has 108 valence electrons. The molecule has 0 aliphatic rings. The fourth-order valence-electron chi connectivity index (χ4n) is 1.49. The average molecular weight is 288 g/mol. The van der Waals surface area contributed by atoms with E-state index < -0.39 is 19.4 Å². The lowest BCUT2D eigenvalue weighted by Gasteiger charge is -2.04. The van der Waals surface area contributed by atoms with Crippen LogP contribution in [0.3, 0.4) is 0 Å². The first kappa shape index (κ1) is 14.1. The molecule has 0 unspecified atom stereocenters. The Bertz CT molecular complexity index is 577. The van der Waals surface area contributed by atoms with E-state index in [2.05, 4.69) is 14.9 Å². The van der Waals surface area contributed by atoms with Gasteiger partial charge in [0.2, 0.25) is 0 Å². The van der Waals surface area contributed by atoms with Crippen molar-refractivity contribution in [2.45, 2.75) is 12.8 Å². The quantitative estimate of drug-likeness (QED) is 0.834. The molecule has 0 radical (unpaired) electrons. The zero-order valence-electron chi connectivity index (χ0n) is 10.1. The third-order valence-electron chi connectivity index (χ3n) is 2.19. The van der Waals surface area contributed by atoms with E-state index in [1.807, 2.05) is 0 Å². The number of benzene rings is 1. The number of rotatable bonds is 4. The molecule has 0 atom stereocenters. The van der Waals surface area contributed by atoms with E-state index in [-0.39, 0.29) is 11.7 Å². The topological polar surface area (TPSA) is 100 Å². The zero-order valence-corrected chi connectivity index (χ0v) is 10.1. The Balaban J connectivity index is 2.05. The third kappa shape index (κ3) is 3.85. The van der Waals surface area contributed by atoms with Crippen molar-refractivity contribution in [3.05, 3.63) is 24.0 Å². The van der Waals surface area contributed by atoms with Crippen LogP contribution in [0.15, 0.2) is 22.7 Å². The third-order valence-corrected chi connectivity index (χ3v) is 2.19. The molecule has 0 amide bonds. The Kier molecular flexibility index (Phi) is 3.79. The molecule has 9 heteroatoms. The fourth-order valence-corrected chi connectivity index (χ4v) is 1.49. The average Bonchev–Trinajstić information content (AvgIpc) is 2.74. The van der Waals surface area contributed by atoms with E-state index in [9.17, 15) is 13.2 Å². The maximum Gasteiger partial charge on any atom is 0.411 e. The predicted molar refractivity (Wildman–Crippen MR) is 64.3 cm³/mol. The number of alkyl halides is 3. The molecular formula is C11H11F3N4O2. The van der Waals surface area contributed by atoms with Gasteiger partial charge in [-0.25, -0.2) is 0 Å². The summed E-state index contributed by atoms with van der Waals surface area (Å²) in [6, 6.07) is 4.67. The molecule has 0 spiro atoms. The SMILES string of the molecule is Nc1cc(N)cc(-c2nc(COCC(F)(F)F)no2)c1. The minimum Gasteiger partial charge on any atom is -0.399 e. The molecule has 0 aliphatic carbocycles. The Hall–Kier alpha value is -2.29. The normalized spacial score (nSPS) is 11.8. The van der Waals surface area contributed by atoms with Crippen molar-refractivity contribution in [3.63, 3.8) is 0 Å². The molecule has 20 heavy (non-hydrogen) atoms. The summed E-state index contributed by atoms with van der Waals surface area (Å²) in [6.45, 7) is -1.77. The second kappa shape index (κ2) is 5.37. The summed E-state index contributed by atoms with van der Waals surface area (Å²) in [5, 5.41) is 3.51. The highest BCUT2D eigenvalue weighted by Crippen LogP contribution is 2.23. The predicted octanol–water partition coefficient (Wildman–Crippen LogP) is 1.98. The Labute approximate surface area is 111 Å². The Morgan fingerprint density at radius 2 is 1.80 bits per heavy atom. The van der Waals surface area contributed by atoms with E-state index in [0.29, 0.717) is 16.9 Å². The number of nitrogens with zero attached hydrogens (tertiary/aromatic N) is 2. The molecular weight excluding hydrogens is 277 g/mol. The van der Waals surface area contributed by atoms with Gasteiger partial charge in [-0.3, -0.25) is 0 Å². The van der Waals surface area contributed by atoms with Gasteiger partial charge in [0.1, 0.15) is 13.2 Å². The number of hydrogen-bond acceptors (Lipinski definition) is 6. The summed E-state index contributed by atoms with van der Waals surface area (Å²) in [6.07, 6.45) is -4.39. The van der Waals surface area contributed by atoms with Crippen LogP contribution in [-0.2, 0) is 11.3 Å². The number of nitrogen functional groups attached to an aromatic ring is 2. The van der Waals surface area contributed by atoms with Crippen LogP contribution in [-0.4, -0.2) is 22.9 Å². The van der Waals surface area contributed by atoms with Crippen molar-refractivity contribution in [3.8, 4) is 11.5 Å². The minimum absolute atomic E-state index is 0.00486. The lowest BCUT2D eigenvalue weighted by Crippen LogP contribution is -2.16. The summed E-state index contributed by atoms with van der Waals surface area (Å²) in [4.78, 5) is 3.90. The van der Waals surface area contributed by atoms with Gasteiger partial charge in [0.15, 0.2) is 5.82 Å². The molecule has 0 fully saturated rings. The van der Waals surface area contributed by atoms with Gasteiger partial charge in [-0.1, -0.05) is 5.16 Å². The Morgan fingerprint density at radius 3 is 2.40 bits per heavy atom. The van der Waals surface area contributed by atoms with Crippen LogP contribution in [0.2, 0.25) is 0 Å². The van der Waals surface area contributed by atoms with Crippen molar-refractivity contribution in [2.24, 2.45) is 0 Å². The van der Waals surface area contributed by atoms with Crippen LogP contribution in [0.1, 0.15) is 5.82 Å². The number of nitrogens with two attached hydrogens (primary N) is 2. The van der Waals surface area contributed by atoms with Crippen LogP contribution < -0.4 is 11.5 Å². The maximum atomic E-state index is 11.9. The number of ether oxygens (including phenoxy) is 1. The number of anilines is 2. The van der Waals surface area contributed by atoms with Crippen molar-refractivity contribution < 1.29 is 22.4 Å². The summed E-state index contributed by atoms with van der Waals surface area (Å²) < 4.78 is 45.0. The molecule has 2 rings (SSSR count). The number of aromatic nitrogens is 2. The van der Waals surface area contributed by atoms with E-state index >= 15 is 0 Å². The summed E-state index contributed by atoms with van der Waals surface area (Å²) in [5.41, 5.74) is 12.5. The Morgan fingerprint density at radius 1 is 1.15 bits per heavy atom. The monoisotopic (exact) mass is 288 g/mol. The van der Waals surface area contributed by atoms with Crippen LogP contribution in [0.4, 0.5) is 24.5 Å². The molecule has 6 nitrogen and oxygen atoms in total. The number of hydrogen-bond donors (Lipinski definition) is 2. The van der Waals surface area contributed by atoms with Gasteiger partial charge in [-0.2, -0.15) is 18.2 Å². The highest BCUT2D eigenvalue weighted by atomic mass is 19.4. The van der Waals surface area contributed by atoms with Crippen LogP contribution in [0.5, 0.6) is 0 Å². The molecule has 4 N–H and O–H groups in total. The van der Waals surface area contributed by atoms with Gasteiger partial charge in [-0.05, 0) is 18.2 Å². The molecule has 0 bridgehead atoms. The molecule has 0 saturated heterocycles. The van der Waals surface area contributed by atoms with Gasteiger partial charge in [0.25, 0.3) is 5.89 Å². The minimum atomic E-state index is -4.39. The lowest BCUT2D eigenvalue weighted by atomic mass is 10.2. The second-order valence-electron chi connectivity index (χ2n) is 4.01. The molecule has 0 saturated carbocycles. The van der Waals surface area contributed by atoms with Gasteiger partial charge in [0, 0.05) is 16.9 Å². The van der Waals surface area contributed by atoms with Gasteiger partial charge in [0.05, 0.1) is 0 Å². The van der Waals surface area contributed by atoms with Crippen molar-refractivity contribution in [2.75, 3.05) is 18.1 Å². The van der Waals surface area contributed by atoms with Crippen molar-refractivity contribution in [1.82, 2.24) is 10.1 Å². The van der Waals surface area contributed by atoms with E-state index in [1.54, 1.807) is 18.2 Å². The first-order chi connectivity index (χ1) is 9.33. The van der Waals surface area contributed by atoms with E-state index in [1.165, 1.54) is 0 Å². The zero-order chi connectivity index (χ0) is 14.8. The number of halogens is 3. The highest BCUT2D eigenvalue weighted by Gasteiger charge is 2.27. The molecule has 1 aromatic heterocycles. The lowest BCUT2D eigenvalue weighted by molar-refractivity contribution is -0.177. The van der Waals surface area contributed by atoms with Gasteiger partial charge in [-0.15, -0.1) is 0 Å². The van der Waals surface area contributed by atoms with Gasteiger partial charge < -0.3 is 20.7 Å². The van der Waals surface area contributed by atoms with Crippen LogP contribution in [0, 0.1) is 0 Å². The first-order valence-electron chi connectivity index (χ1n) is 5.47. The summed E-state index contributed by atoms with van der Waals surface area (Å²) >= 11 is 0. The fraction of sp³-hybridized carbons (Fsp3) is 0.273. The first-order valence-corrected chi connectivity index (χ1v) is 5.47. The summed E-state index contributed by atoms with van der Waals surface area (Å²) in [7, 11) is 0. The molecule has 0 aliphatic heterocycles. The maximum absolute atomic E-state index is 11.9. The van der Waals surface area contributed by atoms with Crippen LogP contribution in [0.25, 0.3) is 11.5 Å². The van der Waals surface area contributed by atoms with Gasteiger partial charge >= 0.3 is 6.18 Å². The molecule has 1 aromatic carbocycles. The largest absolute Gasteiger partial charge is 0.411 e.